The second-order valence-corrected chi connectivity index (χ2v) is 1.58. The Hall–Kier alpha value is 0.170. The molecule has 0 fully saturated rings. The molecule has 0 atom stereocenters. The van der Waals surface area contributed by atoms with Gasteiger partial charge in [0, 0.05) is 19.8 Å². The molecule has 10 heavy (non-hydrogen) atoms. The summed E-state index contributed by atoms with van der Waals surface area (Å²) in [6, 6.07) is 0. The van der Waals surface area contributed by atoms with Crippen molar-refractivity contribution in [2.75, 3.05) is 19.8 Å². The van der Waals surface area contributed by atoms with Gasteiger partial charge in [0.05, 0.1) is 0 Å². The monoisotopic (exact) mass is 168 g/mol. The summed E-state index contributed by atoms with van der Waals surface area (Å²) in [6.07, 6.45) is -0.208. The lowest BCUT2D eigenvalue weighted by Crippen LogP contribution is -3.00. The predicted octanol–water partition coefficient (Wildman–Crippen LogP) is -2.65. The highest BCUT2D eigenvalue weighted by Gasteiger charge is 2.01. The molecule has 0 aromatic carbocycles. The van der Waals surface area contributed by atoms with Gasteiger partial charge < -0.3 is 27.6 Å². The normalized spacial score (nSPS) is 9.60. The molecule has 0 aliphatic carbocycles. The van der Waals surface area contributed by atoms with Crippen LogP contribution in [0.25, 0.3) is 0 Å². The molecule has 2 N–H and O–H groups in total. The van der Waals surface area contributed by atoms with Gasteiger partial charge in [0.15, 0.2) is 6.29 Å². The minimum Gasteiger partial charge on any atom is -1.00 e. The highest BCUT2D eigenvalue weighted by Crippen LogP contribution is 1.90. The minimum atomic E-state index is -0.208. The maximum atomic E-state index is 5.29. The first-order valence-electron chi connectivity index (χ1n) is 3.28. The fraction of sp³-hybridized carbons (Fsp3) is 1.00. The highest BCUT2D eigenvalue weighted by atomic mass is 35.5. The van der Waals surface area contributed by atoms with Gasteiger partial charge in [0.1, 0.15) is 0 Å². The van der Waals surface area contributed by atoms with Crippen molar-refractivity contribution in [2.45, 2.75) is 20.1 Å². The van der Waals surface area contributed by atoms with Crippen molar-refractivity contribution in [3.63, 3.8) is 0 Å². The third-order valence-electron chi connectivity index (χ3n) is 0.898. The molecule has 0 saturated carbocycles. The molecule has 0 amide bonds. The average Bonchev–Trinajstić information content (AvgIpc) is 1.88. The van der Waals surface area contributed by atoms with Crippen LogP contribution in [0.3, 0.4) is 0 Å². The van der Waals surface area contributed by atoms with Gasteiger partial charge in [-0.15, -0.1) is 0 Å². The van der Waals surface area contributed by atoms with Gasteiger partial charge in [-0.2, -0.15) is 0 Å². The summed E-state index contributed by atoms with van der Waals surface area (Å²) in [5.41, 5.74) is 5.29. The Labute approximate surface area is 68.3 Å². The molecule has 4 heteroatoms. The Balaban J connectivity index is 0. The molecule has 0 unspecified atom stereocenters. The summed E-state index contributed by atoms with van der Waals surface area (Å²) in [5, 5.41) is 0. The lowest BCUT2D eigenvalue weighted by molar-refractivity contribution is -0.128. The van der Waals surface area contributed by atoms with Gasteiger partial charge in [-0.05, 0) is 13.8 Å². The van der Waals surface area contributed by atoms with E-state index in [1.54, 1.807) is 0 Å². The van der Waals surface area contributed by atoms with Crippen LogP contribution in [-0.2, 0) is 9.47 Å². The van der Waals surface area contributed by atoms with Gasteiger partial charge in [0.25, 0.3) is 0 Å². The zero-order valence-electron chi connectivity index (χ0n) is 6.47. The summed E-state index contributed by atoms with van der Waals surface area (Å²) < 4.78 is 10.2. The van der Waals surface area contributed by atoms with Crippen LogP contribution >= 0.6 is 0 Å². The number of rotatable bonds is 5. The van der Waals surface area contributed by atoms with E-state index in [0.717, 1.165) is 0 Å². The molecule has 3 nitrogen and oxygen atoms in total. The molecular formula is C6H15ClNO2-. The van der Waals surface area contributed by atoms with Crippen molar-refractivity contribution in [3.8, 4) is 0 Å². The van der Waals surface area contributed by atoms with Crippen LogP contribution in [0.2, 0.25) is 0 Å². The van der Waals surface area contributed by atoms with Crippen LogP contribution in [0, 0.1) is 0 Å². The Morgan fingerprint density at radius 2 is 1.60 bits per heavy atom. The standard InChI is InChI=1S/C6H15NO2.ClH/c1-3-8-6(5-7)9-4-2;/h6H,3-5,7H2,1-2H3;1H/p-1. The van der Waals surface area contributed by atoms with E-state index in [1.165, 1.54) is 0 Å². The fourth-order valence-corrected chi connectivity index (χ4v) is 0.556. The van der Waals surface area contributed by atoms with Crippen molar-refractivity contribution in [3.05, 3.63) is 0 Å². The molecule has 0 spiro atoms. The Morgan fingerprint density at radius 1 is 1.20 bits per heavy atom. The first kappa shape index (κ1) is 12.8. The van der Waals surface area contributed by atoms with Gasteiger partial charge >= 0.3 is 0 Å². The van der Waals surface area contributed by atoms with E-state index in [9.17, 15) is 0 Å². The number of hydrogen-bond acceptors (Lipinski definition) is 3. The van der Waals surface area contributed by atoms with Crippen LogP contribution in [0.5, 0.6) is 0 Å². The SMILES string of the molecule is CCOC(CN)OCC.[Cl-]. The number of nitrogens with two attached hydrogens (primary N) is 1. The molecule has 0 aromatic heterocycles. The number of hydrogen-bond donors (Lipinski definition) is 1. The molecule has 64 valence electrons. The Morgan fingerprint density at radius 3 is 1.80 bits per heavy atom. The van der Waals surface area contributed by atoms with E-state index in [2.05, 4.69) is 0 Å². The summed E-state index contributed by atoms with van der Waals surface area (Å²) >= 11 is 0. The summed E-state index contributed by atoms with van der Waals surface area (Å²) in [4.78, 5) is 0. The maximum absolute atomic E-state index is 5.29. The summed E-state index contributed by atoms with van der Waals surface area (Å²) in [7, 11) is 0. The van der Waals surface area contributed by atoms with Crippen molar-refractivity contribution >= 4 is 0 Å². The Kier molecular flexibility index (Phi) is 11.7. The van der Waals surface area contributed by atoms with Gasteiger partial charge in [-0.1, -0.05) is 0 Å². The largest absolute Gasteiger partial charge is 1.00 e. The highest BCUT2D eigenvalue weighted by molar-refractivity contribution is 4.41. The van der Waals surface area contributed by atoms with Crippen LogP contribution in [-0.4, -0.2) is 26.0 Å². The van der Waals surface area contributed by atoms with E-state index in [1.807, 2.05) is 13.8 Å². The average molecular weight is 169 g/mol. The third-order valence-corrected chi connectivity index (χ3v) is 0.898. The van der Waals surface area contributed by atoms with Crippen molar-refractivity contribution in [1.29, 1.82) is 0 Å². The van der Waals surface area contributed by atoms with Crippen molar-refractivity contribution in [1.82, 2.24) is 0 Å². The second kappa shape index (κ2) is 9.17. The predicted molar refractivity (Wildman–Crippen MR) is 36.1 cm³/mol. The Bertz CT molecular complexity index is 57.7. The number of ether oxygens (including phenoxy) is 2. The van der Waals surface area contributed by atoms with Crippen molar-refractivity contribution in [2.24, 2.45) is 5.73 Å². The first-order chi connectivity index (χ1) is 4.35. The van der Waals surface area contributed by atoms with E-state index < -0.39 is 0 Å². The van der Waals surface area contributed by atoms with Crippen LogP contribution in [0.15, 0.2) is 0 Å². The van der Waals surface area contributed by atoms with Crippen LogP contribution in [0.4, 0.5) is 0 Å². The quantitative estimate of drug-likeness (QED) is 0.456. The van der Waals surface area contributed by atoms with E-state index in [0.29, 0.717) is 19.8 Å². The van der Waals surface area contributed by atoms with Gasteiger partial charge in [-0.25, -0.2) is 0 Å². The lowest BCUT2D eigenvalue weighted by atomic mass is 10.6. The van der Waals surface area contributed by atoms with Crippen molar-refractivity contribution < 1.29 is 21.9 Å². The smallest absolute Gasteiger partial charge is 0.169 e. The number of halogens is 1. The molecule has 0 saturated heterocycles. The minimum absolute atomic E-state index is 0. The third kappa shape index (κ3) is 6.29. The zero-order valence-corrected chi connectivity index (χ0v) is 7.23. The van der Waals surface area contributed by atoms with Gasteiger partial charge in [-0.3, -0.25) is 0 Å². The maximum Gasteiger partial charge on any atom is 0.169 e. The van der Waals surface area contributed by atoms with E-state index in [-0.39, 0.29) is 18.7 Å². The zero-order chi connectivity index (χ0) is 7.11. The second-order valence-electron chi connectivity index (χ2n) is 1.58. The molecule has 0 aromatic rings. The topological polar surface area (TPSA) is 44.5 Å². The van der Waals surface area contributed by atoms with E-state index >= 15 is 0 Å². The molecule has 0 aliphatic rings. The molecule has 0 rings (SSSR count). The van der Waals surface area contributed by atoms with Crippen LogP contribution in [0.1, 0.15) is 13.8 Å². The molecular weight excluding hydrogens is 154 g/mol. The first-order valence-corrected chi connectivity index (χ1v) is 3.28. The lowest BCUT2D eigenvalue weighted by Gasteiger charge is -2.13. The van der Waals surface area contributed by atoms with Crippen LogP contribution < -0.4 is 18.1 Å². The summed E-state index contributed by atoms with van der Waals surface area (Å²) in [6.45, 7) is 5.58. The summed E-state index contributed by atoms with van der Waals surface area (Å²) in [5.74, 6) is 0. The van der Waals surface area contributed by atoms with E-state index in [4.69, 9.17) is 15.2 Å². The molecule has 0 radical (unpaired) electrons. The van der Waals surface area contributed by atoms with Gasteiger partial charge in [0.2, 0.25) is 0 Å². The molecule has 0 aliphatic heterocycles. The molecule has 0 bridgehead atoms. The fourth-order valence-electron chi connectivity index (χ4n) is 0.556. The molecule has 0 heterocycles.